The number of alkyl carbamates (subject to hydrolysis) is 1. The van der Waals surface area contributed by atoms with Crippen molar-refractivity contribution >= 4 is 16.9 Å². The van der Waals surface area contributed by atoms with Crippen molar-refractivity contribution in [3.8, 4) is 0 Å². The van der Waals surface area contributed by atoms with Crippen LogP contribution in [-0.4, -0.2) is 47.0 Å². The van der Waals surface area contributed by atoms with Crippen LogP contribution in [0.25, 0.3) is 0 Å². The number of nitrogens with one attached hydrogen (secondary N) is 2. The molecule has 21 heavy (non-hydrogen) atoms. The van der Waals surface area contributed by atoms with Crippen LogP contribution in [0, 0.1) is 5.92 Å². The van der Waals surface area contributed by atoms with E-state index in [-0.39, 0.29) is 6.09 Å². The second-order valence-electron chi connectivity index (χ2n) is 6.77. The van der Waals surface area contributed by atoms with Gasteiger partial charge in [-0.25, -0.2) is 4.79 Å². The third-order valence-electron chi connectivity index (χ3n) is 3.58. The molecule has 0 spiro atoms. The predicted octanol–water partition coefficient (Wildman–Crippen LogP) is 2.04. The van der Waals surface area contributed by atoms with Crippen LogP contribution in [0.4, 0.5) is 4.79 Å². The molecule has 0 bridgehead atoms. The Morgan fingerprint density at radius 3 is 2.67 bits per heavy atom. The Hall–Kier alpha value is -0.620. The zero-order valence-electron chi connectivity index (χ0n) is 13.7. The number of ether oxygens (including phenoxy) is 1. The first-order valence-corrected chi connectivity index (χ1v) is 9.51. The third-order valence-corrected chi connectivity index (χ3v) is 4.45. The minimum Gasteiger partial charge on any atom is -0.444 e. The molecule has 1 rings (SSSR count). The topological polar surface area (TPSA) is 67.4 Å². The summed E-state index contributed by atoms with van der Waals surface area (Å²) in [6.07, 6.45) is 5.81. The second kappa shape index (κ2) is 8.73. The predicted molar refractivity (Wildman–Crippen MR) is 86.9 cm³/mol. The number of rotatable bonds is 7. The van der Waals surface area contributed by atoms with Crippen molar-refractivity contribution in [3.05, 3.63) is 0 Å². The average Bonchev–Trinajstić information content (AvgIpc) is 2.77. The zero-order valence-corrected chi connectivity index (χ0v) is 14.6. The lowest BCUT2D eigenvalue weighted by Crippen LogP contribution is -2.41. The second-order valence-corrected chi connectivity index (χ2v) is 8.32. The van der Waals surface area contributed by atoms with Gasteiger partial charge in [0.2, 0.25) is 0 Å². The summed E-state index contributed by atoms with van der Waals surface area (Å²) in [5.41, 5.74) is -0.451. The maximum absolute atomic E-state index is 11.7. The quantitative estimate of drug-likeness (QED) is 0.705. The summed E-state index contributed by atoms with van der Waals surface area (Å²) in [5, 5.41) is 6.40. The Labute approximate surface area is 131 Å². The summed E-state index contributed by atoms with van der Waals surface area (Å²) in [5.74, 6) is 1.21. The van der Waals surface area contributed by atoms with Gasteiger partial charge in [0, 0.05) is 35.4 Å². The Morgan fingerprint density at radius 1 is 1.33 bits per heavy atom. The summed E-state index contributed by atoms with van der Waals surface area (Å²) < 4.78 is 16.3. The maximum atomic E-state index is 11.7. The zero-order chi connectivity index (χ0) is 15.9. The first-order valence-electron chi connectivity index (χ1n) is 7.78. The van der Waals surface area contributed by atoms with Crippen LogP contribution in [-0.2, 0) is 15.5 Å². The van der Waals surface area contributed by atoms with Crippen LogP contribution in [0.3, 0.4) is 0 Å². The summed E-state index contributed by atoms with van der Waals surface area (Å²) in [4.78, 5) is 11.7. The third kappa shape index (κ3) is 8.41. The number of hydrogen-bond acceptors (Lipinski definition) is 4. The standard InChI is InChI=1S/C15H30N2O3S/c1-15(2,3)20-14(18)17-11-12-7-5-8-13(12)16-9-6-10-21(4)19/h12-13,16H,5-11H2,1-4H3,(H,17,18). The van der Waals surface area contributed by atoms with Gasteiger partial charge in [-0.2, -0.15) is 0 Å². The number of hydrogen-bond donors (Lipinski definition) is 2. The van der Waals surface area contributed by atoms with Gasteiger partial charge in [0.05, 0.1) is 0 Å². The lowest BCUT2D eigenvalue weighted by atomic mass is 10.0. The van der Waals surface area contributed by atoms with E-state index in [1.54, 1.807) is 6.26 Å². The fraction of sp³-hybridized carbons (Fsp3) is 0.933. The Kier molecular flexibility index (Phi) is 7.66. The van der Waals surface area contributed by atoms with Crippen molar-refractivity contribution < 1.29 is 13.7 Å². The molecule has 5 nitrogen and oxygen atoms in total. The van der Waals surface area contributed by atoms with E-state index in [1.165, 1.54) is 6.42 Å². The molecule has 0 radical (unpaired) electrons. The van der Waals surface area contributed by atoms with Crippen LogP contribution < -0.4 is 10.6 Å². The van der Waals surface area contributed by atoms with Crippen LogP contribution in [0.2, 0.25) is 0 Å². The molecule has 1 aliphatic carbocycles. The molecule has 6 heteroatoms. The molecule has 0 saturated heterocycles. The normalized spacial score (nSPS) is 23.8. The first kappa shape index (κ1) is 18.4. The van der Waals surface area contributed by atoms with Gasteiger partial charge in [-0.3, -0.25) is 4.21 Å². The van der Waals surface area contributed by atoms with Gasteiger partial charge >= 0.3 is 6.09 Å². The van der Waals surface area contributed by atoms with E-state index in [0.717, 1.165) is 31.6 Å². The highest BCUT2D eigenvalue weighted by atomic mass is 32.2. The molecule has 0 aliphatic heterocycles. The minimum absolute atomic E-state index is 0.338. The lowest BCUT2D eigenvalue weighted by Gasteiger charge is -2.23. The highest BCUT2D eigenvalue weighted by Crippen LogP contribution is 2.25. The minimum atomic E-state index is -0.710. The molecular formula is C15H30N2O3S. The van der Waals surface area contributed by atoms with Crippen LogP contribution in [0.5, 0.6) is 0 Å². The molecule has 3 atom stereocenters. The number of carbonyl (C=O) groups is 1. The molecule has 0 aromatic rings. The summed E-state index contributed by atoms with van der Waals surface area (Å²) >= 11 is 0. The summed E-state index contributed by atoms with van der Waals surface area (Å²) in [7, 11) is -0.710. The van der Waals surface area contributed by atoms with Crippen molar-refractivity contribution in [2.24, 2.45) is 5.92 Å². The molecule has 0 aromatic carbocycles. The molecule has 124 valence electrons. The van der Waals surface area contributed by atoms with E-state index < -0.39 is 16.4 Å². The molecule has 3 unspecified atom stereocenters. The summed E-state index contributed by atoms with van der Waals surface area (Å²) in [6.45, 7) is 7.15. The number of carbonyl (C=O) groups excluding carboxylic acids is 1. The van der Waals surface area contributed by atoms with Crippen molar-refractivity contribution in [2.45, 2.75) is 58.1 Å². The molecule has 1 saturated carbocycles. The first-order chi connectivity index (χ1) is 9.78. The van der Waals surface area contributed by atoms with Crippen molar-refractivity contribution in [1.29, 1.82) is 0 Å². The highest BCUT2D eigenvalue weighted by molar-refractivity contribution is 7.84. The SMILES string of the molecule is CS(=O)CCCNC1CCCC1CNC(=O)OC(C)(C)C. The van der Waals surface area contributed by atoms with Crippen LogP contribution in [0.15, 0.2) is 0 Å². The largest absolute Gasteiger partial charge is 0.444 e. The van der Waals surface area contributed by atoms with Gasteiger partial charge in [0.1, 0.15) is 5.60 Å². The number of amides is 1. The van der Waals surface area contributed by atoms with E-state index in [0.29, 0.717) is 18.5 Å². The molecule has 0 aromatic heterocycles. The fourth-order valence-electron chi connectivity index (χ4n) is 2.64. The Balaban J connectivity index is 2.24. The van der Waals surface area contributed by atoms with Gasteiger partial charge in [0.15, 0.2) is 0 Å². The Morgan fingerprint density at radius 2 is 2.05 bits per heavy atom. The smallest absolute Gasteiger partial charge is 0.407 e. The molecule has 1 aliphatic rings. The lowest BCUT2D eigenvalue weighted by molar-refractivity contribution is 0.0517. The molecule has 1 amide bonds. The van der Waals surface area contributed by atoms with Crippen molar-refractivity contribution in [2.75, 3.05) is 25.1 Å². The van der Waals surface area contributed by atoms with Gasteiger partial charge in [-0.05, 0) is 52.5 Å². The fourth-order valence-corrected chi connectivity index (χ4v) is 3.19. The molecule has 1 fully saturated rings. The van der Waals surface area contributed by atoms with Crippen molar-refractivity contribution in [3.63, 3.8) is 0 Å². The Bertz CT molecular complexity index is 355. The van der Waals surface area contributed by atoms with Gasteiger partial charge in [-0.1, -0.05) is 6.42 Å². The maximum Gasteiger partial charge on any atom is 0.407 e. The van der Waals surface area contributed by atoms with Crippen molar-refractivity contribution in [1.82, 2.24) is 10.6 Å². The monoisotopic (exact) mass is 318 g/mol. The van der Waals surface area contributed by atoms with E-state index >= 15 is 0 Å². The highest BCUT2D eigenvalue weighted by Gasteiger charge is 2.27. The van der Waals surface area contributed by atoms with Gasteiger partial charge in [-0.15, -0.1) is 0 Å². The van der Waals surface area contributed by atoms with E-state index in [9.17, 15) is 9.00 Å². The summed E-state index contributed by atoms with van der Waals surface area (Å²) in [6, 6.07) is 0.449. The van der Waals surface area contributed by atoms with E-state index in [2.05, 4.69) is 10.6 Å². The van der Waals surface area contributed by atoms with Gasteiger partial charge in [0.25, 0.3) is 0 Å². The van der Waals surface area contributed by atoms with Crippen LogP contribution >= 0.6 is 0 Å². The molecule has 2 N–H and O–H groups in total. The van der Waals surface area contributed by atoms with Gasteiger partial charge < -0.3 is 15.4 Å². The molecular weight excluding hydrogens is 288 g/mol. The van der Waals surface area contributed by atoms with Crippen LogP contribution in [0.1, 0.15) is 46.5 Å². The van der Waals surface area contributed by atoms with E-state index in [1.807, 2.05) is 20.8 Å². The average molecular weight is 318 g/mol. The van der Waals surface area contributed by atoms with E-state index in [4.69, 9.17) is 4.74 Å². The molecule has 0 heterocycles.